The molecule has 0 fully saturated rings. The van der Waals surface area contributed by atoms with Crippen molar-refractivity contribution < 1.29 is 30.6 Å². The second-order valence-electron chi connectivity index (χ2n) is 4.16. The number of aromatic nitrogens is 2. The molecule has 1 rings (SSSR count). The van der Waals surface area contributed by atoms with Crippen LogP contribution in [-0.2, 0) is 0 Å². The Morgan fingerprint density at radius 2 is 1.70 bits per heavy atom. The van der Waals surface area contributed by atoms with E-state index < -0.39 is 37.6 Å². The molecule has 8 nitrogen and oxygen atoms in total. The van der Waals surface area contributed by atoms with E-state index in [1.807, 2.05) is 0 Å². The van der Waals surface area contributed by atoms with Gasteiger partial charge in [0.25, 0.3) is 0 Å². The third-order valence-corrected chi connectivity index (χ3v) is 2.58. The third kappa shape index (κ3) is 4.60. The van der Waals surface area contributed by atoms with Crippen LogP contribution in [0.25, 0.3) is 6.08 Å². The molecule has 0 unspecified atom stereocenters. The summed E-state index contributed by atoms with van der Waals surface area (Å²) in [4.78, 5) is 7.78. The van der Waals surface area contributed by atoms with Crippen molar-refractivity contribution in [1.29, 1.82) is 0 Å². The minimum absolute atomic E-state index is 0.0323. The second-order valence-corrected chi connectivity index (χ2v) is 4.16. The Labute approximate surface area is 115 Å². The highest BCUT2D eigenvalue weighted by Crippen LogP contribution is 2.16. The number of aliphatic hydroxyl groups is 6. The molecule has 0 aromatic carbocycles. The molecular formula is C12H18N2O6. The van der Waals surface area contributed by atoms with Gasteiger partial charge in [-0.3, -0.25) is 9.97 Å². The normalized spacial score (nSPS) is 17.9. The molecule has 20 heavy (non-hydrogen) atoms. The standard InChI is InChI=1S/C12H18N2O6/c15-5-8(17)2-1-7-3-14-9(4-13-7)11(19)12(20)10(18)6-16/h1-4,8,10-12,15-20H,5-6H2/t8-,10+,11+,12+/m0/s1. The molecule has 0 saturated heterocycles. The van der Waals surface area contributed by atoms with Crippen molar-refractivity contribution in [3.05, 3.63) is 29.9 Å². The molecule has 1 aromatic heterocycles. The van der Waals surface area contributed by atoms with Gasteiger partial charge in [-0.2, -0.15) is 0 Å². The molecule has 4 atom stereocenters. The van der Waals surface area contributed by atoms with Gasteiger partial charge in [0.2, 0.25) is 0 Å². The van der Waals surface area contributed by atoms with E-state index in [0.29, 0.717) is 5.69 Å². The third-order valence-electron chi connectivity index (χ3n) is 2.58. The zero-order chi connectivity index (χ0) is 15.1. The Morgan fingerprint density at radius 1 is 1.00 bits per heavy atom. The Hall–Kier alpha value is -1.42. The fourth-order valence-corrected chi connectivity index (χ4v) is 1.35. The molecule has 1 aromatic rings. The predicted octanol–water partition coefficient (Wildman–Crippen LogP) is -2.41. The maximum Gasteiger partial charge on any atom is 0.126 e. The van der Waals surface area contributed by atoms with Crippen LogP contribution in [0.15, 0.2) is 18.5 Å². The average molecular weight is 286 g/mol. The maximum absolute atomic E-state index is 9.72. The lowest BCUT2D eigenvalue weighted by Crippen LogP contribution is -2.35. The summed E-state index contributed by atoms with van der Waals surface area (Å²) in [6, 6.07) is 0. The summed E-state index contributed by atoms with van der Waals surface area (Å²) in [6.45, 7) is -1.10. The van der Waals surface area contributed by atoms with Crippen LogP contribution < -0.4 is 0 Å². The van der Waals surface area contributed by atoms with Crippen LogP contribution in [0.2, 0.25) is 0 Å². The van der Waals surface area contributed by atoms with Gasteiger partial charge in [-0.15, -0.1) is 0 Å². The summed E-state index contributed by atoms with van der Waals surface area (Å²) < 4.78 is 0. The molecule has 6 N–H and O–H groups in total. The Morgan fingerprint density at radius 3 is 2.20 bits per heavy atom. The van der Waals surface area contributed by atoms with E-state index in [4.69, 9.17) is 15.3 Å². The lowest BCUT2D eigenvalue weighted by atomic mass is 10.1. The quantitative estimate of drug-likeness (QED) is 0.325. The minimum Gasteiger partial charge on any atom is -0.394 e. The highest BCUT2D eigenvalue weighted by atomic mass is 16.4. The summed E-state index contributed by atoms with van der Waals surface area (Å²) in [5.74, 6) is 0. The predicted molar refractivity (Wildman–Crippen MR) is 68.2 cm³/mol. The zero-order valence-corrected chi connectivity index (χ0v) is 10.6. The van der Waals surface area contributed by atoms with Crippen LogP contribution in [0.3, 0.4) is 0 Å². The van der Waals surface area contributed by atoms with E-state index in [-0.39, 0.29) is 5.69 Å². The number of hydrogen-bond donors (Lipinski definition) is 6. The summed E-state index contributed by atoms with van der Waals surface area (Å²) in [6.07, 6.45) is -0.291. The number of hydrogen-bond acceptors (Lipinski definition) is 8. The van der Waals surface area contributed by atoms with Crippen molar-refractivity contribution in [3.63, 3.8) is 0 Å². The summed E-state index contributed by atoms with van der Waals surface area (Å²) >= 11 is 0. The molecule has 1 heterocycles. The molecule has 0 aliphatic carbocycles. The van der Waals surface area contributed by atoms with Crippen molar-refractivity contribution in [2.75, 3.05) is 13.2 Å². The number of aliphatic hydroxyl groups excluding tert-OH is 6. The lowest BCUT2D eigenvalue weighted by Gasteiger charge is -2.20. The Balaban J connectivity index is 2.73. The first kappa shape index (κ1) is 16.6. The van der Waals surface area contributed by atoms with E-state index in [9.17, 15) is 15.3 Å². The van der Waals surface area contributed by atoms with Gasteiger partial charge >= 0.3 is 0 Å². The lowest BCUT2D eigenvalue weighted by molar-refractivity contribution is -0.0790. The van der Waals surface area contributed by atoms with Gasteiger partial charge in [0.15, 0.2) is 0 Å². The fraction of sp³-hybridized carbons (Fsp3) is 0.500. The van der Waals surface area contributed by atoms with E-state index >= 15 is 0 Å². The molecule has 0 radical (unpaired) electrons. The van der Waals surface area contributed by atoms with Gasteiger partial charge in [-0.1, -0.05) is 6.08 Å². The van der Waals surface area contributed by atoms with Crippen molar-refractivity contribution in [1.82, 2.24) is 9.97 Å². The molecular weight excluding hydrogens is 268 g/mol. The van der Waals surface area contributed by atoms with Gasteiger partial charge in [0.05, 0.1) is 43.1 Å². The Bertz CT molecular complexity index is 424. The second kappa shape index (κ2) is 8.00. The highest BCUT2D eigenvalue weighted by molar-refractivity contribution is 5.43. The fourth-order valence-electron chi connectivity index (χ4n) is 1.35. The van der Waals surface area contributed by atoms with Crippen LogP contribution in [-0.4, -0.2) is 72.1 Å². The maximum atomic E-state index is 9.72. The number of rotatable bonds is 7. The van der Waals surface area contributed by atoms with Gasteiger partial charge < -0.3 is 30.6 Å². The van der Waals surface area contributed by atoms with Crippen LogP contribution in [0.5, 0.6) is 0 Å². The van der Waals surface area contributed by atoms with E-state index in [0.717, 1.165) is 0 Å². The van der Waals surface area contributed by atoms with Gasteiger partial charge in [0.1, 0.15) is 18.3 Å². The largest absolute Gasteiger partial charge is 0.394 e. The first-order valence-electron chi connectivity index (χ1n) is 5.93. The van der Waals surface area contributed by atoms with Crippen molar-refractivity contribution >= 4 is 6.08 Å². The van der Waals surface area contributed by atoms with Crippen molar-refractivity contribution in [2.45, 2.75) is 24.4 Å². The summed E-state index contributed by atoms with van der Waals surface area (Å²) in [5.41, 5.74) is 0.413. The topological polar surface area (TPSA) is 147 Å². The SMILES string of the molecule is OC[C@@H](O)[C@@H](O)[C@H](O)c1cnc(C=C[C@H](O)CO)cn1. The van der Waals surface area contributed by atoms with Gasteiger partial charge in [-0.05, 0) is 6.08 Å². The smallest absolute Gasteiger partial charge is 0.126 e. The summed E-state index contributed by atoms with van der Waals surface area (Å²) in [7, 11) is 0. The molecule has 112 valence electrons. The molecule has 8 heteroatoms. The monoisotopic (exact) mass is 286 g/mol. The molecule has 0 spiro atoms. The molecule has 0 aliphatic heterocycles. The van der Waals surface area contributed by atoms with E-state index in [2.05, 4.69) is 9.97 Å². The average Bonchev–Trinajstić information content (AvgIpc) is 2.50. The van der Waals surface area contributed by atoms with Crippen LogP contribution in [0.4, 0.5) is 0 Å². The van der Waals surface area contributed by atoms with E-state index in [1.54, 1.807) is 0 Å². The minimum atomic E-state index is -1.58. The molecule has 0 bridgehead atoms. The Kier molecular flexibility index (Phi) is 6.65. The highest BCUT2D eigenvalue weighted by Gasteiger charge is 2.26. The van der Waals surface area contributed by atoms with Crippen LogP contribution >= 0.6 is 0 Å². The number of nitrogens with zero attached hydrogens (tertiary/aromatic N) is 2. The van der Waals surface area contributed by atoms with Crippen LogP contribution in [0, 0.1) is 0 Å². The summed E-state index contributed by atoms with van der Waals surface area (Å²) in [5, 5.41) is 54.9. The van der Waals surface area contributed by atoms with Crippen LogP contribution in [0.1, 0.15) is 17.5 Å². The van der Waals surface area contributed by atoms with Crippen molar-refractivity contribution in [3.8, 4) is 0 Å². The molecule has 0 aliphatic rings. The van der Waals surface area contributed by atoms with Gasteiger partial charge in [-0.25, -0.2) is 0 Å². The first-order chi connectivity index (χ1) is 9.49. The molecule has 0 amide bonds. The first-order valence-corrected chi connectivity index (χ1v) is 5.93. The van der Waals surface area contributed by atoms with Gasteiger partial charge in [0, 0.05) is 0 Å². The molecule has 0 saturated carbocycles. The zero-order valence-electron chi connectivity index (χ0n) is 10.6. The van der Waals surface area contributed by atoms with Crippen molar-refractivity contribution in [2.24, 2.45) is 0 Å². The van der Waals surface area contributed by atoms with E-state index in [1.165, 1.54) is 24.5 Å².